The molecule has 1 atom stereocenters. The Hall–Kier alpha value is -2.70. The van der Waals surface area contributed by atoms with E-state index >= 15 is 0 Å². The summed E-state index contributed by atoms with van der Waals surface area (Å²) in [5, 5.41) is 27.3. The lowest BCUT2D eigenvalue weighted by Crippen LogP contribution is -2.25. The molecule has 0 saturated heterocycles. The first-order valence-corrected chi connectivity index (χ1v) is 6.50. The van der Waals surface area contributed by atoms with Gasteiger partial charge in [-0.1, -0.05) is 0 Å². The third kappa shape index (κ3) is 3.39. The number of benzene rings is 1. The Bertz CT molecular complexity index is 690. The van der Waals surface area contributed by atoms with Crippen LogP contribution in [0.2, 0.25) is 0 Å². The molecule has 0 unspecified atom stereocenters. The van der Waals surface area contributed by atoms with Crippen LogP contribution in [-0.2, 0) is 9.47 Å². The number of hydroxylamine groups is 1. The Morgan fingerprint density at radius 1 is 1.43 bits per heavy atom. The zero-order valence-corrected chi connectivity index (χ0v) is 12.0. The van der Waals surface area contributed by atoms with E-state index in [-0.39, 0.29) is 23.5 Å². The number of hydrogen-bond donors (Lipinski definition) is 3. The van der Waals surface area contributed by atoms with E-state index in [2.05, 4.69) is 4.99 Å². The number of nitrogens with one attached hydrogen (secondary N) is 1. The molecule has 23 heavy (non-hydrogen) atoms. The molecule has 1 aromatic carbocycles. The first-order valence-electron chi connectivity index (χ1n) is 6.50. The minimum atomic E-state index is -1.20. The lowest BCUT2D eigenvalue weighted by atomic mass is 10.0. The summed E-state index contributed by atoms with van der Waals surface area (Å²) in [7, 11) is 0. The maximum absolute atomic E-state index is 14.3. The van der Waals surface area contributed by atoms with Crippen molar-refractivity contribution in [1.82, 2.24) is 5.48 Å². The van der Waals surface area contributed by atoms with Crippen LogP contribution in [-0.4, -0.2) is 28.8 Å². The van der Waals surface area contributed by atoms with Crippen LogP contribution in [0.25, 0.3) is 0 Å². The molecule has 0 aromatic heterocycles. The Morgan fingerprint density at radius 2 is 2.09 bits per heavy atom. The number of amidine groups is 1. The maximum atomic E-state index is 14.3. The van der Waals surface area contributed by atoms with Gasteiger partial charge in [-0.2, -0.15) is 5.26 Å². The fraction of sp³-hybridized carbons (Fsp3) is 0.286. The Morgan fingerprint density at radius 3 is 2.61 bits per heavy atom. The van der Waals surface area contributed by atoms with E-state index in [1.54, 1.807) is 5.48 Å². The number of ether oxygens (including phenoxy) is 2. The molecular weight excluding hydrogens is 312 g/mol. The molecule has 0 fully saturated rings. The van der Waals surface area contributed by atoms with E-state index in [9.17, 15) is 13.9 Å². The number of rotatable bonds is 4. The van der Waals surface area contributed by atoms with Crippen LogP contribution in [0.15, 0.2) is 23.6 Å². The van der Waals surface area contributed by atoms with Gasteiger partial charge in [-0.25, -0.2) is 8.78 Å². The van der Waals surface area contributed by atoms with Crippen molar-refractivity contribution < 1.29 is 28.6 Å². The van der Waals surface area contributed by atoms with Gasteiger partial charge in [0, 0.05) is 0 Å². The monoisotopic (exact) mass is 325 g/mol. The Labute approximate surface area is 130 Å². The highest BCUT2D eigenvalue weighted by Crippen LogP contribution is 2.30. The fourth-order valence-corrected chi connectivity index (χ4v) is 1.89. The third-order valence-electron chi connectivity index (χ3n) is 2.93. The molecule has 0 bridgehead atoms. The van der Waals surface area contributed by atoms with Gasteiger partial charge in [-0.05, 0) is 13.0 Å². The second-order valence-corrected chi connectivity index (χ2v) is 4.65. The molecule has 7 nitrogen and oxygen atoms in total. The molecule has 1 aliphatic rings. The topological polar surface area (TPSA) is 107 Å². The molecule has 0 aliphatic carbocycles. The molecule has 1 heterocycles. The van der Waals surface area contributed by atoms with Crippen molar-refractivity contribution in [1.29, 1.82) is 5.26 Å². The fourth-order valence-electron chi connectivity index (χ4n) is 1.89. The van der Waals surface area contributed by atoms with Gasteiger partial charge in [0.2, 0.25) is 0 Å². The van der Waals surface area contributed by atoms with Crippen molar-refractivity contribution in [2.45, 2.75) is 19.3 Å². The zero-order chi connectivity index (χ0) is 17.0. The molecule has 0 amide bonds. The number of hydrogen-bond acceptors (Lipinski definition) is 6. The molecule has 3 N–H and O–H groups in total. The van der Waals surface area contributed by atoms with Crippen LogP contribution in [0.1, 0.15) is 29.9 Å². The van der Waals surface area contributed by atoms with E-state index in [0.717, 1.165) is 6.07 Å². The van der Waals surface area contributed by atoms with Gasteiger partial charge in [-0.3, -0.25) is 15.7 Å². The van der Waals surface area contributed by atoms with E-state index in [0.29, 0.717) is 0 Å². The van der Waals surface area contributed by atoms with Crippen molar-refractivity contribution in [3.05, 3.63) is 46.9 Å². The zero-order valence-electron chi connectivity index (χ0n) is 12.0. The molecular formula is C14H13F2N3O4. The predicted molar refractivity (Wildman–Crippen MR) is 73.1 cm³/mol. The van der Waals surface area contributed by atoms with Crippen molar-refractivity contribution in [2.24, 2.45) is 4.99 Å². The maximum Gasteiger partial charge on any atom is 0.269 e. The summed E-state index contributed by atoms with van der Waals surface area (Å²) in [6, 6.07) is 2.42. The molecule has 0 spiro atoms. The second-order valence-electron chi connectivity index (χ2n) is 4.65. The van der Waals surface area contributed by atoms with Crippen LogP contribution < -0.4 is 5.48 Å². The quantitative estimate of drug-likeness (QED) is 0.439. The number of halogens is 2. The van der Waals surface area contributed by atoms with E-state index in [1.807, 2.05) is 0 Å². The van der Waals surface area contributed by atoms with Gasteiger partial charge in [-0.15, -0.1) is 0 Å². The SMILES string of the molecule is C[C@@H](O)CN=C(NO)c1cc(C2OC=CO2)c(F)c(C#N)c1F. The van der Waals surface area contributed by atoms with Crippen LogP contribution in [0.3, 0.4) is 0 Å². The normalized spacial score (nSPS) is 15.7. The Kier molecular flexibility index (Phi) is 5.10. The number of nitriles is 1. The highest BCUT2D eigenvalue weighted by atomic mass is 19.1. The van der Waals surface area contributed by atoms with E-state index in [4.69, 9.17) is 19.9 Å². The van der Waals surface area contributed by atoms with Gasteiger partial charge < -0.3 is 14.6 Å². The van der Waals surface area contributed by atoms with Gasteiger partial charge in [0.15, 0.2) is 17.5 Å². The second kappa shape index (κ2) is 7.04. The Balaban J connectivity index is 2.56. The molecule has 1 aliphatic heterocycles. The van der Waals surface area contributed by atoms with Crippen LogP contribution >= 0.6 is 0 Å². The largest absolute Gasteiger partial charge is 0.455 e. The molecule has 0 saturated carbocycles. The minimum absolute atomic E-state index is 0.144. The van der Waals surface area contributed by atoms with Gasteiger partial charge in [0.05, 0.1) is 23.8 Å². The minimum Gasteiger partial charge on any atom is -0.455 e. The number of aliphatic imine (C=N–C) groups is 1. The van der Waals surface area contributed by atoms with Crippen molar-refractivity contribution in [3.8, 4) is 6.07 Å². The third-order valence-corrected chi connectivity index (χ3v) is 2.93. The smallest absolute Gasteiger partial charge is 0.269 e. The summed E-state index contributed by atoms with van der Waals surface area (Å²) in [5.74, 6) is -2.70. The predicted octanol–water partition coefficient (Wildman–Crippen LogP) is 1.46. The number of aliphatic hydroxyl groups excluding tert-OH is 1. The highest BCUT2D eigenvalue weighted by molar-refractivity contribution is 5.98. The van der Waals surface area contributed by atoms with Crippen LogP contribution in [0.4, 0.5) is 8.78 Å². The lowest BCUT2D eigenvalue weighted by Gasteiger charge is -2.15. The molecule has 0 radical (unpaired) electrons. The van der Waals surface area contributed by atoms with Gasteiger partial charge in [0.1, 0.15) is 24.2 Å². The molecule has 9 heteroatoms. The molecule has 122 valence electrons. The van der Waals surface area contributed by atoms with Crippen LogP contribution in [0.5, 0.6) is 0 Å². The lowest BCUT2D eigenvalue weighted by molar-refractivity contribution is -0.0272. The first kappa shape index (κ1) is 16.7. The summed E-state index contributed by atoms with van der Waals surface area (Å²) >= 11 is 0. The summed E-state index contributed by atoms with van der Waals surface area (Å²) in [6.45, 7) is 1.30. The summed E-state index contributed by atoms with van der Waals surface area (Å²) in [6.07, 6.45) is 0.318. The number of aliphatic hydroxyl groups is 1. The molecule has 2 rings (SSSR count). The van der Waals surface area contributed by atoms with Gasteiger partial charge in [0.25, 0.3) is 6.29 Å². The van der Waals surface area contributed by atoms with Gasteiger partial charge >= 0.3 is 0 Å². The summed E-state index contributed by atoms with van der Waals surface area (Å²) < 4.78 is 38.5. The van der Waals surface area contributed by atoms with Crippen molar-refractivity contribution in [2.75, 3.05) is 6.54 Å². The average molecular weight is 325 g/mol. The highest BCUT2D eigenvalue weighted by Gasteiger charge is 2.28. The van der Waals surface area contributed by atoms with E-state index < -0.39 is 29.6 Å². The van der Waals surface area contributed by atoms with Crippen LogP contribution in [0, 0.1) is 23.0 Å². The van der Waals surface area contributed by atoms with E-state index in [1.165, 1.54) is 25.5 Å². The van der Waals surface area contributed by atoms with Crippen molar-refractivity contribution in [3.63, 3.8) is 0 Å². The average Bonchev–Trinajstić information content (AvgIpc) is 3.04. The van der Waals surface area contributed by atoms with Crippen molar-refractivity contribution >= 4 is 5.84 Å². The summed E-state index contributed by atoms with van der Waals surface area (Å²) in [4.78, 5) is 3.78. The number of nitrogens with zero attached hydrogens (tertiary/aromatic N) is 2. The first-order chi connectivity index (χ1) is 11.0. The standard InChI is InChI=1S/C14H13F2N3O4/c1-7(20)6-18-13(19-21)8-4-9(14-22-2-3-23-14)12(16)10(5-17)11(8)15/h2-4,7,14,20-21H,6H2,1H3,(H,18,19)/t7-/m1/s1. The summed E-state index contributed by atoms with van der Waals surface area (Å²) in [5.41, 5.74) is 0.214. The molecule has 1 aromatic rings.